The van der Waals surface area contributed by atoms with Crippen LogP contribution in [0.5, 0.6) is 0 Å². The van der Waals surface area contributed by atoms with Gasteiger partial charge in [-0.3, -0.25) is 9.79 Å². The van der Waals surface area contributed by atoms with E-state index in [0.29, 0.717) is 13.1 Å². The van der Waals surface area contributed by atoms with Crippen LogP contribution < -0.4 is 5.32 Å². The molecule has 0 unspecified atom stereocenters. The van der Waals surface area contributed by atoms with Crippen LogP contribution in [0, 0.1) is 0 Å². The van der Waals surface area contributed by atoms with Gasteiger partial charge in [-0.2, -0.15) is 0 Å². The smallest absolute Gasteiger partial charge is 0.143 e. The molecule has 1 heterocycles. The summed E-state index contributed by atoms with van der Waals surface area (Å²) in [6, 6.07) is 0. The minimum absolute atomic E-state index is 0.156. The molecule has 0 aromatic rings. The molecule has 0 saturated carbocycles. The van der Waals surface area contributed by atoms with Gasteiger partial charge in [0.15, 0.2) is 0 Å². The van der Waals surface area contributed by atoms with E-state index in [1.54, 1.807) is 18.7 Å². The Morgan fingerprint density at radius 3 is 2.86 bits per heavy atom. The summed E-state index contributed by atoms with van der Waals surface area (Å²) in [6.45, 7) is 6.68. The van der Waals surface area contributed by atoms with Gasteiger partial charge in [-0.15, -0.1) is 11.8 Å². The van der Waals surface area contributed by atoms with Crippen LogP contribution in [0.4, 0.5) is 0 Å². The number of hydrogen-bond acceptors (Lipinski definition) is 4. The summed E-state index contributed by atoms with van der Waals surface area (Å²) in [7, 11) is 0. The van der Waals surface area contributed by atoms with Crippen molar-refractivity contribution < 1.29 is 4.79 Å². The maximum Gasteiger partial charge on any atom is 0.143 e. The van der Waals surface area contributed by atoms with E-state index in [1.165, 1.54) is 0 Å². The van der Waals surface area contributed by atoms with Crippen molar-refractivity contribution in [3.63, 3.8) is 0 Å². The normalized spacial score (nSPS) is 14.1. The zero-order valence-electron chi connectivity index (χ0n) is 9.04. The van der Waals surface area contributed by atoms with Crippen molar-refractivity contribution in [2.75, 3.05) is 18.8 Å². The molecule has 0 fully saturated rings. The van der Waals surface area contributed by atoms with Gasteiger partial charge in [0.2, 0.25) is 0 Å². The first-order chi connectivity index (χ1) is 6.79. The monoisotopic (exact) mass is 214 g/mol. The number of carbonyl (C=O) groups excluding carboxylic acids is 1. The molecule has 0 bridgehead atoms. The second-order valence-corrected chi connectivity index (χ2v) is 3.46. The summed E-state index contributed by atoms with van der Waals surface area (Å²) in [5.74, 6) is 1.11. The van der Waals surface area contributed by atoms with E-state index in [-0.39, 0.29) is 5.78 Å². The van der Waals surface area contributed by atoms with Crippen molar-refractivity contribution in [2.24, 2.45) is 4.99 Å². The minimum Gasteiger partial charge on any atom is -0.304 e. The predicted octanol–water partition coefficient (Wildman–Crippen LogP) is 1.85. The Balaban J connectivity index is 0.000000791. The molecule has 1 rings (SSSR count). The molecule has 0 saturated heterocycles. The maximum atomic E-state index is 10.6. The topological polar surface area (TPSA) is 41.5 Å². The third kappa shape index (κ3) is 6.86. The molecule has 0 radical (unpaired) electrons. The number of rotatable bonds is 4. The molecule has 1 aliphatic rings. The highest BCUT2D eigenvalue weighted by atomic mass is 32.2. The fraction of sp³-hybridized carbons (Fsp3) is 0.600. The number of thioether (sulfide) groups is 1. The van der Waals surface area contributed by atoms with Crippen LogP contribution in [-0.2, 0) is 4.79 Å². The highest BCUT2D eigenvalue weighted by Crippen LogP contribution is 2.10. The van der Waals surface area contributed by atoms with Crippen LogP contribution >= 0.6 is 11.8 Å². The molecule has 1 N–H and O–H groups in total. The number of nitrogens with zero attached hydrogens (tertiary/aromatic N) is 1. The first-order valence-corrected chi connectivity index (χ1v) is 5.87. The van der Waals surface area contributed by atoms with Gasteiger partial charge < -0.3 is 5.32 Å². The first-order valence-electron chi connectivity index (χ1n) is 4.82. The molecule has 80 valence electrons. The van der Waals surface area contributed by atoms with Crippen molar-refractivity contribution in [3.8, 4) is 0 Å². The summed E-state index contributed by atoms with van der Waals surface area (Å²) in [4.78, 5) is 14.7. The van der Waals surface area contributed by atoms with Crippen molar-refractivity contribution in [1.29, 1.82) is 0 Å². The van der Waals surface area contributed by atoms with E-state index in [9.17, 15) is 4.79 Å². The molecule has 1 aliphatic heterocycles. The standard InChI is InChI=1S/C8H12N2OS.C2H6/c1-7(11)4-9-5-8-6-12-3-2-10-8;1-2/h2,6,9H,3-5H2,1H3;1-2H3. The van der Waals surface area contributed by atoms with Gasteiger partial charge >= 0.3 is 0 Å². The number of hydrogen-bond donors (Lipinski definition) is 1. The first kappa shape index (κ1) is 13.4. The largest absolute Gasteiger partial charge is 0.304 e. The van der Waals surface area contributed by atoms with E-state index >= 15 is 0 Å². The van der Waals surface area contributed by atoms with E-state index in [0.717, 1.165) is 11.4 Å². The quantitative estimate of drug-likeness (QED) is 0.776. The fourth-order valence-electron chi connectivity index (χ4n) is 0.826. The zero-order valence-corrected chi connectivity index (χ0v) is 9.86. The average Bonchev–Trinajstić information content (AvgIpc) is 2.22. The van der Waals surface area contributed by atoms with Gasteiger partial charge in [-0.25, -0.2) is 0 Å². The zero-order chi connectivity index (χ0) is 10.8. The van der Waals surface area contributed by atoms with Crippen molar-refractivity contribution in [2.45, 2.75) is 20.8 Å². The highest BCUT2D eigenvalue weighted by molar-refractivity contribution is 8.02. The van der Waals surface area contributed by atoms with Crippen LogP contribution in [-0.4, -0.2) is 30.8 Å². The Labute approximate surface area is 90.1 Å². The number of nitrogens with one attached hydrogen (secondary N) is 1. The summed E-state index contributed by atoms with van der Waals surface area (Å²) in [5.41, 5.74) is 1.01. The molecule has 0 aliphatic carbocycles. The Morgan fingerprint density at radius 2 is 2.36 bits per heavy atom. The second-order valence-electron chi connectivity index (χ2n) is 2.56. The lowest BCUT2D eigenvalue weighted by Crippen LogP contribution is -2.23. The van der Waals surface area contributed by atoms with Gasteiger partial charge in [0.1, 0.15) is 5.78 Å². The third-order valence-electron chi connectivity index (χ3n) is 1.33. The molecule has 14 heavy (non-hydrogen) atoms. The molecule has 0 spiro atoms. The van der Waals surface area contributed by atoms with Crippen LogP contribution in [0.15, 0.2) is 16.1 Å². The molecule has 0 amide bonds. The third-order valence-corrected chi connectivity index (χ3v) is 2.11. The molecule has 3 nitrogen and oxygen atoms in total. The van der Waals surface area contributed by atoms with E-state index in [4.69, 9.17) is 0 Å². The highest BCUT2D eigenvalue weighted by Gasteiger charge is 1.98. The van der Waals surface area contributed by atoms with Crippen LogP contribution in [0.1, 0.15) is 20.8 Å². The van der Waals surface area contributed by atoms with Gasteiger partial charge in [0.05, 0.1) is 12.2 Å². The summed E-state index contributed by atoms with van der Waals surface area (Å²) in [6.07, 6.45) is 1.88. The average molecular weight is 214 g/mol. The van der Waals surface area contributed by atoms with Crippen LogP contribution in [0.3, 0.4) is 0 Å². The van der Waals surface area contributed by atoms with E-state index in [2.05, 4.69) is 10.3 Å². The SMILES string of the molecule is CC.CC(=O)CNCC1=CSCC=N1. The Kier molecular flexibility index (Phi) is 8.57. The van der Waals surface area contributed by atoms with Gasteiger partial charge in [-0.1, -0.05) is 13.8 Å². The van der Waals surface area contributed by atoms with Crippen molar-refractivity contribution >= 4 is 23.8 Å². The predicted molar refractivity (Wildman–Crippen MR) is 63.9 cm³/mol. The maximum absolute atomic E-state index is 10.6. The molecular formula is C10H18N2OS. The number of aliphatic imine (C=N–C) groups is 1. The van der Waals surface area contributed by atoms with Gasteiger partial charge in [0, 0.05) is 18.5 Å². The van der Waals surface area contributed by atoms with Crippen LogP contribution in [0.25, 0.3) is 0 Å². The lowest BCUT2D eigenvalue weighted by atomic mass is 10.4. The summed E-state index contributed by atoms with van der Waals surface area (Å²) < 4.78 is 0. The number of carbonyl (C=O) groups is 1. The van der Waals surface area contributed by atoms with Gasteiger partial charge in [-0.05, 0) is 12.3 Å². The Hall–Kier alpha value is -0.610. The molecule has 0 aromatic carbocycles. The molecule has 0 atom stereocenters. The molecule has 4 heteroatoms. The lowest BCUT2D eigenvalue weighted by Gasteiger charge is -2.05. The van der Waals surface area contributed by atoms with Crippen LogP contribution in [0.2, 0.25) is 0 Å². The summed E-state index contributed by atoms with van der Waals surface area (Å²) >= 11 is 1.73. The van der Waals surface area contributed by atoms with Crippen molar-refractivity contribution in [3.05, 3.63) is 11.1 Å². The summed E-state index contributed by atoms with van der Waals surface area (Å²) in [5, 5.41) is 5.03. The number of ketones is 1. The number of Topliss-reactive ketones (excluding diaryl/α,β-unsaturated/α-hetero) is 1. The van der Waals surface area contributed by atoms with E-state index < -0.39 is 0 Å². The molecular weight excluding hydrogens is 196 g/mol. The molecule has 0 aromatic heterocycles. The van der Waals surface area contributed by atoms with Gasteiger partial charge in [0.25, 0.3) is 0 Å². The lowest BCUT2D eigenvalue weighted by molar-refractivity contribution is -0.116. The van der Waals surface area contributed by atoms with E-state index in [1.807, 2.05) is 25.5 Å². The van der Waals surface area contributed by atoms with Crippen molar-refractivity contribution in [1.82, 2.24) is 5.32 Å². The Morgan fingerprint density at radius 1 is 1.64 bits per heavy atom. The second kappa shape index (κ2) is 8.97. The minimum atomic E-state index is 0.156. The fourth-order valence-corrected chi connectivity index (χ4v) is 1.42. The Bertz CT molecular complexity index is 224.